The zero-order valence-corrected chi connectivity index (χ0v) is 22.5. The van der Waals surface area contributed by atoms with E-state index >= 15 is 4.39 Å². The van der Waals surface area contributed by atoms with Gasteiger partial charge in [0.2, 0.25) is 6.04 Å². The number of anilines is 1. The molecule has 1 spiro atoms. The Morgan fingerprint density at radius 1 is 1.18 bits per heavy atom. The van der Waals surface area contributed by atoms with Gasteiger partial charge in [-0.3, -0.25) is 19.8 Å². The Morgan fingerprint density at radius 2 is 1.95 bits per heavy atom. The molecule has 1 fully saturated rings. The molecule has 0 aromatic heterocycles. The Kier molecular flexibility index (Phi) is 7.52. The second kappa shape index (κ2) is 10.7. The number of rotatable bonds is 8. The van der Waals surface area contributed by atoms with Gasteiger partial charge in [-0.25, -0.2) is 4.39 Å². The van der Waals surface area contributed by atoms with E-state index in [-0.39, 0.29) is 30.2 Å². The fourth-order valence-corrected chi connectivity index (χ4v) is 6.56. The van der Waals surface area contributed by atoms with Gasteiger partial charge in [0, 0.05) is 39.9 Å². The zero-order chi connectivity index (χ0) is 27.9. The fraction of sp³-hybridized carbons (Fsp3) is 0.321. The van der Waals surface area contributed by atoms with Crippen molar-refractivity contribution in [3.63, 3.8) is 0 Å². The Bertz CT molecular complexity index is 1440. The number of carbonyl (C=O) groups excluding carboxylic acids is 1. The predicted molar refractivity (Wildman–Crippen MR) is 145 cm³/mol. The highest BCUT2D eigenvalue weighted by atomic mass is 35.5. The lowest BCUT2D eigenvalue weighted by Gasteiger charge is -2.38. The average molecular weight is 574 g/mol. The van der Waals surface area contributed by atoms with Crippen LogP contribution in [0.1, 0.15) is 36.0 Å². The second-order valence-corrected chi connectivity index (χ2v) is 10.4. The third-order valence-electron chi connectivity index (χ3n) is 7.57. The number of likely N-dealkylation sites (tertiary alicyclic amines) is 1. The maximum atomic E-state index is 15.7. The smallest absolute Gasteiger partial charge is 0.250 e. The first-order valence-corrected chi connectivity index (χ1v) is 13.3. The summed E-state index contributed by atoms with van der Waals surface area (Å²) in [6, 6.07) is 14.0. The molecular weight excluding hydrogens is 548 g/mol. The molecule has 0 saturated carbocycles. The van der Waals surface area contributed by atoms with Crippen LogP contribution in [0.25, 0.3) is 0 Å². The van der Waals surface area contributed by atoms with Crippen LogP contribution in [0, 0.1) is 15.9 Å². The standard InChI is InChI=1S/C28H26Cl2FN3O5/c1-2-39-18-6-3-5-16(13-18)15-33-23(11-12-35)26(34(37)38)24(19-7-4-8-21(30)25(19)31)28(33)20-10-9-17(29)14-22(20)32-27(28)36/h3-10,13-14,23-24,26,35H,2,11-12,15H2,1H3,(H,32,36)/t23-,24-,26+,28+/m0/s1. The van der Waals surface area contributed by atoms with Crippen molar-refractivity contribution in [1.29, 1.82) is 0 Å². The van der Waals surface area contributed by atoms with Gasteiger partial charge in [0.25, 0.3) is 5.91 Å². The maximum absolute atomic E-state index is 15.7. The topological polar surface area (TPSA) is 105 Å². The number of nitrogens with zero attached hydrogens (tertiary/aromatic N) is 2. The molecule has 0 aliphatic carbocycles. The van der Waals surface area contributed by atoms with E-state index in [1.54, 1.807) is 41.3 Å². The molecular formula is C28H26Cl2FN3O5. The highest BCUT2D eigenvalue weighted by Gasteiger charge is 2.71. The predicted octanol–water partition coefficient (Wildman–Crippen LogP) is 5.37. The minimum absolute atomic E-state index is 0.0204. The number of carbonyl (C=O) groups is 1. The molecule has 0 bridgehead atoms. The molecule has 2 aliphatic heterocycles. The number of nitrogens with one attached hydrogen (secondary N) is 1. The van der Waals surface area contributed by atoms with E-state index in [0.29, 0.717) is 28.6 Å². The van der Waals surface area contributed by atoms with Crippen molar-refractivity contribution in [2.24, 2.45) is 0 Å². The van der Waals surface area contributed by atoms with Crippen molar-refractivity contribution in [2.75, 3.05) is 18.5 Å². The summed E-state index contributed by atoms with van der Waals surface area (Å²) < 4.78 is 21.4. The SMILES string of the molecule is CCOc1cccc(CN2[C@@H](CCO)[C@@H]([N+](=O)[O-])[C@H](c3cccc(Cl)c3F)[C@]23C(=O)Nc2cc(Cl)ccc23)c1. The summed E-state index contributed by atoms with van der Waals surface area (Å²) in [6.07, 6.45) is -0.0204. The van der Waals surface area contributed by atoms with E-state index in [0.717, 1.165) is 5.56 Å². The van der Waals surface area contributed by atoms with E-state index in [9.17, 15) is 20.0 Å². The summed E-state index contributed by atoms with van der Waals surface area (Å²) in [6.45, 7) is 2.01. The van der Waals surface area contributed by atoms with Crippen LogP contribution in [0.3, 0.4) is 0 Å². The fourth-order valence-electron chi connectivity index (χ4n) is 6.21. The summed E-state index contributed by atoms with van der Waals surface area (Å²) in [5.41, 5.74) is -0.192. The van der Waals surface area contributed by atoms with Crippen molar-refractivity contribution in [3.05, 3.63) is 103 Å². The molecule has 11 heteroatoms. The Hall–Kier alpha value is -3.24. The number of ether oxygens (including phenoxy) is 1. The molecule has 8 nitrogen and oxygen atoms in total. The van der Waals surface area contributed by atoms with E-state index in [1.807, 2.05) is 13.0 Å². The Labute approximate surface area is 234 Å². The van der Waals surface area contributed by atoms with Gasteiger partial charge in [0.15, 0.2) is 0 Å². The number of amides is 1. The summed E-state index contributed by atoms with van der Waals surface area (Å²) >= 11 is 12.4. The number of halogens is 3. The Morgan fingerprint density at radius 3 is 2.67 bits per heavy atom. The first-order valence-electron chi connectivity index (χ1n) is 12.5. The van der Waals surface area contributed by atoms with Crippen LogP contribution < -0.4 is 10.1 Å². The highest BCUT2D eigenvalue weighted by Crippen LogP contribution is 2.59. The van der Waals surface area contributed by atoms with Gasteiger partial charge in [-0.1, -0.05) is 53.5 Å². The number of hydrogen-bond acceptors (Lipinski definition) is 6. The molecule has 2 heterocycles. The minimum atomic E-state index is -1.70. The van der Waals surface area contributed by atoms with Crippen LogP contribution in [0.4, 0.5) is 10.1 Å². The van der Waals surface area contributed by atoms with Gasteiger partial charge in [0.05, 0.1) is 23.6 Å². The van der Waals surface area contributed by atoms with Crippen molar-refractivity contribution < 1.29 is 24.0 Å². The van der Waals surface area contributed by atoms with Crippen LogP contribution in [0.15, 0.2) is 60.7 Å². The quantitative estimate of drug-likeness (QED) is 0.277. The summed E-state index contributed by atoms with van der Waals surface area (Å²) in [5.74, 6) is -2.04. The summed E-state index contributed by atoms with van der Waals surface area (Å²) in [4.78, 5) is 28.2. The lowest BCUT2D eigenvalue weighted by atomic mass is 9.73. The van der Waals surface area contributed by atoms with E-state index < -0.39 is 40.2 Å². The number of aliphatic hydroxyl groups excluding tert-OH is 1. The molecule has 2 aliphatic rings. The van der Waals surface area contributed by atoms with Crippen LogP contribution in [-0.4, -0.2) is 46.1 Å². The molecule has 39 heavy (non-hydrogen) atoms. The molecule has 5 rings (SSSR count). The van der Waals surface area contributed by atoms with Crippen LogP contribution in [0.5, 0.6) is 5.75 Å². The molecule has 204 valence electrons. The van der Waals surface area contributed by atoms with E-state index in [2.05, 4.69) is 5.32 Å². The van der Waals surface area contributed by atoms with Crippen molar-refractivity contribution in [3.8, 4) is 5.75 Å². The summed E-state index contributed by atoms with van der Waals surface area (Å²) in [5, 5.41) is 25.8. The number of aliphatic hydroxyl groups is 1. The van der Waals surface area contributed by atoms with Gasteiger partial charge < -0.3 is 15.2 Å². The molecule has 4 atom stereocenters. The van der Waals surface area contributed by atoms with Crippen LogP contribution in [-0.2, 0) is 16.9 Å². The van der Waals surface area contributed by atoms with Crippen molar-refractivity contribution >= 4 is 34.8 Å². The molecule has 0 radical (unpaired) electrons. The first kappa shape index (κ1) is 27.3. The molecule has 2 N–H and O–H groups in total. The number of fused-ring (bicyclic) bond motifs is 2. The van der Waals surface area contributed by atoms with E-state index in [1.165, 1.54) is 18.2 Å². The second-order valence-electron chi connectivity index (χ2n) is 9.60. The molecule has 0 unspecified atom stereocenters. The van der Waals surface area contributed by atoms with Gasteiger partial charge in [-0.2, -0.15) is 0 Å². The van der Waals surface area contributed by atoms with Gasteiger partial charge in [-0.15, -0.1) is 0 Å². The van der Waals surface area contributed by atoms with Crippen molar-refractivity contribution in [1.82, 2.24) is 4.90 Å². The first-order chi connectivity index (χ1) is 18.7. The lowest BCUT2D eigenvalue weighted by molar-refractivity contribution is -0.528. The lowest BCUT2D eigenvalue weighted by Crippen LogP contribution is -2.51. The molecule has 1 amide bonds. The van der Waals surface area contributed by atoms with Crippen LogP contribution in [0.2, 0.25) is 10.0 Å². The van der Waals surface area contributed by atoms with Gasteiger partial charge in [0.1, 0.15) is 17.1 Å². The number of benzene rings is 3. The largest absolute Gasteiger partial charge is 0.494 e. The third kappa shape index (κ3) is 4.43. The number of hydrogen-bond donors (Lipinski definition) is 2. The zero-order valence-electron chi connectivity index (χ0n) is 20.9. The minimum Gasteiger partial charge on any atom is -0.494 e. The Balaban J connectivity index is 1.81. The normalized spacial score (nSPS) is 24.1. The number of nitro groups is 1. The maximum Gasteiger partial charge on any atom is 0.250 e. The van der Waals surface area contributed by atoms with Crippen molar-refractivity contribution in [2.45, 2.75) is 43.4 Å². The summed E-state index contributed by atoms with van der Waals surface area (Å²) in [7, 11) is 0. The molecule has 3 aromatic carbocycles. The third-order valence-corrected chi connectivity index (χ3v) is 8.10. The van der Waals surface area contributed by atoms with Gasteiger partial charge >= 0.3 is 0 Å². The van der Waals surface area contributed by atoms with Crippen LogP contribution >= 0.6 is 23.2 Å². The molecule has 1 saturated heterocycles. The molecule has 3 aromatic rings. The van der Waals surface area contributed by atoms with E-state index in [4.69, 9.17) is 27.9 Å². The highest BCUT2D eigenvalue weighted by molar-refractivity contribution is 6.31. The monoisotopic (exact) mass is 573 g/mol. The average Bonchev–Trinajstić information content (AvgIpc) is 3.33. The van der Waals surface area contributed by atoms with Gasteiger partial charge in [-0.05, 0) is 49.2 Å².